The minimum absolute atomic E-state index is 0.0218. The number of hydrogen-bond donors (Lipinski definition) is 0. The summed E-state index contributed by atoms with van der Waals surface area (Å²) >= 11 is 0. The Morgan fingerprint density at radius 3 is 2.21 bits per heavy atom. The van der Waals surface area contributed by atoms with E-state index in [0.29, 0.717) is 30.8 Å². The van der Waals surface area contributed by atoms with Gasteiger partial charge in [0.25, 0.3) is 0 Å². The molecule has 176 valence electrons. The molecule has 0 saturated carbocycles. The highest BCUT2D eigenvalue weighted by molar-refractivity contribution is 7.91. The minimum atomic E-state index is -4.10. The van der Waals surface area contributed by atoms with Crippen molar-refractivity contribution in [1.82, 2.24) is 4.57 Å². The number of sulfone groups is 1. The summed E-state index contributed by atoms with van der Waals surface area (Å²) < 4.78 is 43.6. The molecular formula is C27H27FN2O3S. The molecular weight excluding hydrogens is 451 g/mol. The average molecular weight is 479 g/mol. The monoisotopic (exact) mass is 478 g/mol. The van der Waals surface area contributed by atoms with Gasteiger partial charge in [-0.3, -0.25) is 4.79 Å². The van der Waals surface area contributed by atoms with E-state index in [-0.39, 0.29) is 15.2 Å². The number of halogens is 1. The Balaban J connectivity index is 2.01. The Morgan fingerprint density at radius 1 is 0.941 bits per heavy atom. The van der Waals surface area contributed by atoms with Crippen LogP contribution in [0.5, 0.6) is 0 Å². The van der Waals surface area contributed by atoms with Crippen LogP contribution in [0.3, 0.4) is 0 Å². The molecule has 4 aromatic rings. The van der Waals surface area contributed by atoms with Gasteiger partial charge in [0.1, 0.15) is 10.7 Å². The van der Waals surface area contributed by atoms with E-state index in [9.17, 15) is 13.2 Å². The van der Waals surface area contributed by atoms with Crippen LogP contribution in [-0.2, 0) is 16.4 Å². The fourth-order valence-corrected chi connectivity index (χ4v) is 5.51. The van der Waals surface area contributed by atoms with Crippen LogP contribution in [0.2, 0.25) is 0 Å². The zero-order valence-corrected chi connectivity index (χ0v) is 20.3. The summed E-state index contributed by atoms with van der Waals surface area (Å²) in [4.78, 5) is 14.9. The zero-order chi connectivity index (χ0) is 24.5. The second-order valence-electron chi connectivity index (χ2n) is 8.25. The maximum atomic E-state index is 15.1. The summed E-state index contributed by atoms with van der Waals surface area (Å²) in [6.45, 7) is 7.38. The number of anilines is 1. The Labute approximate surface area is 199 Å². The molecule has 34 heavy (non-hydrogen) atoms. The molecule has 0 amide bonds. The first-order valence-electron chi connectivity index (χ1n) is 11.2. The molecule has 0 fully saturated rings. The van der Waals surface area contributed by atoms with Crippen LogP contribution < -0.4 is 10.3 Å². The summed E-state index contributed by atoms with van der Waals surface area (Å²) in [7, 11) is -4.10. The summed E-state index contributed by atoms with van der Waals surface area (Å²) in [6.07, 6.45) is 1.39. The molecule has 0 atom stereocenters. The lowest BCUT2D eigenvalue weighted by atomic mass is 10.1. The molecule has 0 aliphatic heterocycles. The number of rotatable bonds is 7. The summed E-state index contributed by atoms with van der Waals surface area (Å²) in [6, 6.07) is 18.5. The van der Waals surface area contributed by atoms with E-state index in [1.807, 2.05) is 49.9 Å². The molecule has 1 aromatic heterocycles. The molecule has 0 aliphatic rings. The number of aromatic nitrogens is 1. The molecule has 0 aliphatic carbocycles. The van der Waals surface area contributed by atoms with Gasteiger partial charge in [0.05, 0.1) is 21.5 Å². The van der Waals surface area contributed by atoms with Gasteiger partial charge in [-0.25, -0.2) is 12.8 Å². The van der Waals surface area contributed by atoms with E-state index < -0.39 is 21.1 Å². The lowest BCUT2D eigenvalue weighted by Gasteiger charge is -2.23. The second kappa shape index (κ2) is 9.43. The fourth-order valence-electron chi connectivity index (χ4n) is 4.12. The van der Waals surface area contributed by atoms with E-state index in [1.165, 1.54) is 24.4 Å². The number of nitrogens with zero attached hydrogens (tertiary/aromatic N) is 2. The highest BCUT2D eigenvalue weighted by atomic mass is 32.2. The van der Waals surface area contributed by atoms with Crippen molar-refractivity contribution in [3.05, 3.63) is 100 Å². The number of pyridine rings is 1. The molecule has 0 bridgehead atoms. The average Bonchev–Trinajstić information content (AvgIpc) is 2.84. The SMILES string of the molecule is CCN(CC)c1cc2c(cc1F)c(=O)c(S(=O)(=O)c1ccccc1)cn2Cc1ccc(C)cc1. The van der Waals surface area contributed by atoms with Gasteiger partial charge in [0.15, 0.2) is 0 Å². The smallest absolute Gasteiger partial charge is 0.211 e. The molecule has 0 N–H and O–H groups in total. The van der Waals surface area contributed by atoms with Crippen molar-refractivity contribution < 1.29 is 12.8 Å². The van der Waals surface area contributed by atoms with Crippen LogP contribution >= 0.6 is 0 Å². The van der Waals surface area contributed by atoms with Crippen LogP contribution in [0.15, 0.2) is 87.5 Å². The van der Waals surface area contributed by atoms with Crippen LogP contribution in [0.1, 0.15) is 25.0 Å². The zero-order valence-electron chi connectivity index (χ0n) is 19.5. The Bertz CT molecular complexity index is 1490. The van der Waals surface area contributed by atoms with E-state index in [0.717, 1.165) is 11.1 Å². The second-order valence-corrected chi connectivity index (χ2v) is 10.2. The summed E-state index contributed by atoms with van der Waals surface area (Å²) in [5.41, 5.74) is 2.21. The van der Waals surface area contributed by atoms with Gasteiger partial charge in [-0.05, 0) is 50.6 Å². The van der Waals surface area contributed by atoms with Crippen LogP contribution in [0, 0.1) is 12.7 Å². The van der Waals surface area contributed by atoms with Crippen LogP contribution in [0.4, 0.5) is 10.1 Å². The Kier molecular flexibility index (Phi) is 6.57. The van der Waals surface area contributed by atoms with Gasteiger partial charge in [-0.15, -0.1) is 0 Å². The maximum Gasteiger partial charge on any atom is 0.211 e. The fraction of sp³-hybridized carbons (Fsp3) is 0.222. The van der Waals surface area contributed by atoms with Crippen LogP contribution in [0.25, 0.3) is 10.9 Å². The van der Waals surface area contributed by atoms with Gasteiger partial charge in [-0.2, -0.15) is 0 Å². The summed E-state index contributed by atoms with van der Waals surface area (Å²) in [5, 5.41) is 0.0394. The highest BCUT2D eigenvalue weighted by Gasteiger charge is 2.25. The van der Waals surface area contributed by atoms with E-state index >= 15 is 4.39 Å². The van der Waals surface area contributed by atoms with Crippen molar-refractivity contribution in [3.63, 3.8) is 0 Å². The number of benzene rings is 3. The minimum Gasteiger partial charge on any atom is -0.370 e. The molecule has 4 rings (SSSR count). The Hall–Kier alpha value is -3.45. The molecule has 3 aromatic carbocycles. The molecule has 7 heteroatoms. The first-order chi connectivity index (χ1) is 16.3. The number of hydrogen-bond acceptors (Lipinski definition) is 4. The van der Waals surface area contributed by atoms with Gasteiger partial charge >= 0.3 is 0 Å². The Morgan fingerprint density at radius 2 is 1.59 bits per heavy atom. The van der Waals surface area contributed by atoms with Gasteiger partial charge in [0.2, 0.25) is 15.3 Å². The van der Waals surface area contributed by atoms with Crippen molar-refractivity contribution in [2.45, 2.75) is 37.1 Å². The summed E-state index contributed by atoms with van der Waals surface area (Å²) in [5.74, 6) is -0.551. The first-order valence-corrected chi connectivity index (χ1v) is 12.7. The topological polar surface area (TPSA) is 59.4 Å². The largest absolute Gasteiger partial charge is 0.370 e. The molecule has 0 saturated heterocycles. The number of aryl methyl sites for hydroxylation is 1. The maximum absolute atomic E-state index is 15.1. The molecule has 1 heterocycles. The van der Waals surface area contributed by atoms with Gasteiger partial charge in [0, 0.05) is 25.8 Å². The normalized spacial score (nSPS) is 11.6. The lowest BCUT2D eigenvalue weighted by Crippen LogP contribution is -2.24. The van der Waals surface area contributed by atoms with Gasteiger partial charge < -0.3 is 9.47 Å². The molecule has 0 radical (unpaired) electrons. The third-order valence-corrected chi connectivity index (χ3v) is 7.80. The lowest BCUT2D eigenvalue weighted by molar-refractivity contribution is 0.593. The van der Waals surface area contributed by atoms with Gasteiger partial charge in [-0.1, -0.05) is 48.0 Å². The standard InChI is InChI=1S/C27H27FN2O3S/c1-4-29(5-2)25-16-24-22(15-23(25)28)27(31)26(34(32,33)21-9-7-6-8-10-21)18-30(24)17-20-13-11-19(3)12-14-20/h6-16,18H,4-5,17H2,1-3H3. The van der Waals surface area contributed by atoms with Crippen molar-refractivity contribution in [2.24, 2.45) is 0 Å². The third-order valence-electron chi connectivity index (χ3n) is 6.04. The number of fused-ring (bicyclic) bond motifs is 1. The van der Waals surface area contributed by atoms with Crippen molar-refractivity contribution in [2.75, 3.05) is 18.0 Å². The molecule has 0 spiro atoms. The highest BCUT2D eigenvalue weighted by Crippen LogP contribution is 2.28. The first kappa shape index (κ1) is 23.7. The molecule has 0 unspecified atom stereocenters. The van der Waals surface area contributed by atoms with Crippen molar-refractivity contribution >= 4 is 26.4 Å². The molecule has 5 nitrogen and oxygen atoms in total. The predicted octanol–water partition coefficient (Wildman–Crippen LogP) is 5.18. The van der Waals surface area contributed by atoms with E-state index in [4.69, 9.17) is 0 Å². The predicted molar refractivity (Wildman–Crippen MR) is 134 cm³/mol. The quantitative estimate of drug-likeness (QED) is 0.367. The van der Waals surface area contributed by atoms with E-state index in [2.05, 4.69) is 0 Å². The van der Waals surface area contributed by atoms with E-state index in [1.54, 1.807) is 28.8 Å². The third kappa shape index (κ3) is 4.35. The van der Waals surface area contributed by atoms with Crippen LogP contribution in [-0.4, -0.2) is 26.1 Å². The van der Waals surface area contributed by atoms with Crippen molar-refractivity contribution in [3.8, 4) is 0 Å². The van der Waals surface area contributed by atoms with Crippen molar-refractivity contribution in [1.29, 1.82) is 0 Å².